The summed E-state index contributed by atoms with van der Waals surface area (Å²) in [5.41, 5.74) is 1.98. The largest absolute Gasteiger partial charge is 0.380 e. The quantitative estimate of drug-likeness (QED) is 0.625. The van der Waals surface area contributed by atoms with Crippen molar-refractivity contribution >= 4 is 11.4 Å². The molecule has 1 aromatic carbocycles. The lowest BCUT2D eigenvalue weighted by molar-refractivity contribution is 0.628. The summed E-state index contributed by atoms with van der Waals surface area (Å²) in [6, 6.07) is 4.19. The van der Waals surface area contributed by atoms with Crippen LogP contribution in [0.4, 0.5) is 10.1 Å². The van der Waals surface area contributed by atoms with E-state index in [0.717, 1.165) is 5.56 Å². The van der Waals surface area contributed by atoms with Crippen molar-refractivity contribution in [3.8, 4) is 0 Å². The number of aryl methyl sites for hydroxylation is 2. The molecule has 0 aliphatic carbocycles. The van der Waals surface area contributed by atoms with Crippen molar-refractivity contribution in [3.63, 3.8) is 0 Å². The number of aromatic amines is 1. The van der Waals surface area contributed by atoms with E-state index in [9.17, 15) is 4.39 Å². The highest BCUT2D eigenvalue weighted by molar-refractivity contribution is 6.11. The molecule has 0 saturated heterocycles. The maximum atomic E-state index is 13.6. The molecular weight excluding hydrogens is 309 g/mol. The molecule has 3 rings (SSSR count). The molecule has 2 aromatic heterocycles. The Balaban J connectivity index is 1.85. The van der Waals surface area contributed by atoms with Crippen LogP contribution < -0.4 is 5.32 Å². The summed E-state index contributed by atoms with van der Waals surface area (Å²) in [5, 5.41) is 18.1. The molecule has 0 amide bonds. The molecule has 0 atom stereocenters. The van der Waals surface area contributed by atoms with Crippen molar-refractivity contribution in [3.05, 3.63) is 65.0 Å². The molecule has 0 aliphatic rings. The average Bonchev–Trinajstić information content (AvgIpc) is 3.00. The molecule has 3 aromatic rings. The minimum absolute atomic E-state index is 0.113. The van der Waals surface area contributed by atoms with Crippen molar-refractivity contribution in [2.45, 2.75) is 20.4 Å². The molecule has 24 heavy (non-hydrogen) atoms. The summed E-state index contributed by atoms with van der Waals surface area (Å²) < 4.78 is 13.6. The smallest absolute Gasteiger partial charge is 0.199 e. The first-order valence-electron chi connectivity index (χ1n) is 7.32. The second-order valence-electron chi connectivity index (χ2n) is 5.30. The van der Waals surface area contributed by atoms with Gasteiger partial charge < -0.3 is 5.32 Å². The van der Waals surface area contributed by atoms with Crippen LogP contribution in [0.15, 0.2) is 30.6 Å². The summed E-state index contributed by atoms with van der Waals surface area (Å²) in [6.07, 6.45) is 3.41. The van der Waals surface area contributed by atoms with Gasteiger partial charge in [0.05, 0.1) is 0 Å². The van der Waals surface area contributed by atoms with Crippen LogP contribution in [0.1, 0.15) is 28.6 Å². The Morgan fingerprint density at radius 3 is 2.67 bits per heavy atom. The fourth-order valence-corrected chi connectivity index (χ4v) is 2.16. The molecule has 0 bridgehead atoms. The summed E-state index contributed by atoms with van der Waals surface area (Å²) in [6.45, 7) is 3.98. The highest BCUT2D eigenvalue weighted by Crippen LogP contribution is 2.20. The maximum Gasteiger partial charge on any atom is 0.199 e. The van der Waals surface area contributed by atoms with Gasteiger partial charge in [0.25, 0.3) is 0 Å². The molecule has 3 N–H and O–H groups in total. The number of H-pyrrole nitrogens is 1. The molecule has 0 spiro atoms. The van der Waals surface area contributed by atoms with E-state index >= 15 is 0 Å². The Bertz CT molecular complexity index is 870. The summed E-state index contributed by atoms with van der Waals surface area (Å²) in [5.74, 6) is 1.18. The lowest BCUT2D eigenvalue weighted by atomic mass is 10.1. The van der Waals surface area contributed by atoms with E-state index in [-0.39, 0.29) is 17.4 Å². The minimum atomic E-state index is -0.389. The molecule has 7 nitrogen and oxygen atoms in total. The standard InChI is InChI=1S/C16H16FN7/c1-9-19-6-11(7-20-9)8-21-14-5-12(17)3-4-13(14)15(18)16-22-10(2)23-24-16/h3-7,18,21H,8H2,1-2H3,(H,22,23,24). The number of aromatic nitrogens is 5. The third-order valence-corrected chi connectivity index (χ3v) is 3.39. The van der Waals surface area contributed by atoms with Crippen molar-refractivity contribution in [1.29, 1.82) is 5.41 Å². The van der Waals surface area contributed by atoms with E-state index in [0.29, 0.717) is 29.4 Å². The average molecular weight is 325 g/mol. The number of rotatable bonds is 5. The van der Waals surface area contributed by atoms with E-state index in [1.807, 2.05) is 6.92 Å². The number of hydrogen-bond acceptors (Lipinski definition) is 6. The third kappa shape index (κ3) is 3.43. The zero-order chi connectivity index (χ0) is 17.1. The SMILES string of the molecule is Cc1ncc(CNc2cc(F)ccc2C(=N)c2n[nH]c(C)n2)cn1. The monoisotopic (exact) mass is 325 g/mol. The number of nitrogens with one attached hydrogen (secondary N) is 3. The lowest BCUT2D eigenvalue weighted by Crippen LogP contribution is -2.10. The van der Waals surface area contributed by atoms with Gasteiger partial charge in [0.2, 0.25) is 0 Å². The number of anilines is 1. The van der Waals surface area contributed by atoms with Gasteiger partial charge >= 0.3 is 0 Å². The highest BCUT2D eigenvalue weighted by Gasteiger charge is 2.15. The maximum absolute atomic E-state index is 13.6. The van der Waals surface area contributed by atoms with Gasteiger partial charge in [-0.3, -0.25) is 10.5 Å². The van der Waals surface area contributed by atoms with Crippen LogP contribution in [-0.2, 0) is 6.54 Å². The van der Waals surface area contributed by atoms with Crippen molar-refractivity contribution in [1.82, 2.24) is 25.1 Å². The molecule has 0 unspecified atom stereocenters. The lowest BCUT2D eigenvalue weighted by Gasteiger charge is -2.12. The van der Waals surface area contributed by atoms with Crippen molar-refractivity contribution in [2.24, 2.45) is 0 Å². The molecule has 8 heteroatoms. The van der Waals surface area contributed by atoms with Gasteiger partial charge in [-0.25, -0.2) is 19.3 Å². The number of halogens is 1. The summed E-state index contributed by atoms with van der Waals surface area (Å²) in [4.78, 5) is 12.4. The molecule has 0 aliphatic heterocycles. The summed E-state index contributed by atoms with van der Waals surface area (Å²) in [7, 11) is 0. The van der Waals surface area contributed by atoms with Crippen molar-refractivity contribution < 1.29 is 4.39 Å². The van der Waals surface area contributed by atoms with Crippen LogP contribution in [-0.4, -0.2) is 30.9 Å². The molecular formula is C16H16FN7. The third-order valence-electron chi connectivity index (χ3n) is 3.39. The molecule has 0 saturated carbocycles. The summed E-state index contributed by atoms with van der Waals surface area (Å²) >= 11 is 0. The van der Waals surface area contributed by atoms with Crippen LogP contribution >= 0.6 is 0 Å². The normalized spacial score (nSPS) is 10.6. The zero-order valence-corrected chi connectivity index (χ0v) is 13.3. The van der Waals surface area contributed by atoms with Gasteiger partial charge in [0.15, 0.2) is 5.82 Å². The Morgan fingerprint density at radius 1 is 1.25 bits per heavy atom. The number of benzene rings is 1. The van der Waals surface area contributed by atoms with Crippen LogP contribution in [0.2, 0.25) is 0 Å². The van der Waals surface area contributed by atoms with Gasteiger partial charge in [0, 0.05) is 35.8 Å². The molecule has 0 fully saturated rings. The first-order valence-corrected chi connectivity index (χ1v) is 7.32. The van der Waals surface area contributed by atoms with Crippen LogP contribution in [0.3, 0.4) is 0 Å². The first-order chi connectivity index (χ1) is 11.5. The number of nitrogens with zero attached hydrogens (tertiary/aromatic N) is 4. The van der Waals surface area contributed by atoms with Crippen LogP contribution in [0.5, 0.6) is 0 Å². The van der Waals surface area contributed by atoms with E-state index in [1.165, 1.54) is 18.2 Å². The zero-order valence-electron chi connectivity index (χ0n) is 13.3. The van der Waals surface area contributed by atoms with Gasteiger partial charge in [-0.1, -0.05) is 0 Å². The molecule has 0 radical (unpaired) electrons. The number of hydrogen-bond donors (Lipinski definition) is 3. The first kappa shape index (κ1) is 15.7. The second-order valence-corrected chi connectivity index (χ2v) is 5.30. The second kappa shape index (κ2) is 6.53. The Labute approximate surface area is 137 Å². The molecule has 2 heterocycles. The van der Waals surface area contributed by atoms with Gasteiger partial charge in [-0.15, -0.1) is 0 Å². The molecule has 122 valence electrons. The van der Waals surface area contributed by atoms with Crippen molar-refractivity contribution in [2.75, 3.05) is 5.32 Å². The Hall–Kier alpha value is -3.16. The fraction of sp³-hybridized carbons (Fsp3) is 0.188. The van der Waals surface area contributed by atoms with E-state index in [4.69, 9.17) is 5.41 Å². The van der Waals surface area contributed by atoms with E-state index < -0.39 is 0 Å². The minimum Gasteiger partial charge on any atom is -0.380 e. The van der Waals surface area contributed by atoms with Crippen LogP contribution in [0, 0.1) is 25.1 Å². The van der Waals surface area contributed by atoms with Crippen LogP contribution in [0.25, 0.3) is 0 Å². The van der Waals surface area contributed by atoms with Gasteiger partial charge in [-0.05, 0) is 32.0 Å². The Kier molecular flexibility index (Phi) is 4.28. The van der Waals surface area contributed by atoms with Gasteiger partial charge in [0.1, 0.15) is 23.2 Å². The van der Waals surface area contributed by atoms with E-state index in [2.05, 4.69) is 30.5 Å². The predicted molar refractivity (Wildman–Crippen MR) is 87.5 cm³/mol. The van der Waals surface area contributed by atoms with E-state index in [1.54, 1.807) is 19.3 Å². The Morgan fingerprint density at radius 2 is 2.00 bits per heavy atom. The highest BCUT2D eigenvalue weighted by atomic mass is 19.1. The topological polar surface area (TPSA) is 103 Å². The predicted octanol–water partition coefficient (Wildman–Crippen LogP) is 2.38. The fourth-order valence-electron chi connectivity index (χ4n) is 2.16. The van der Waals surface area contributed by atoms with Gasteiger partial charge in [-0.2, -0.15) is 5.10 Å².